The fourth-order valence-electron chi connectivity index (χ4n) is 3.55. The lowest BCUT2D eigenvalue weighted by atomic mass is 10.1. The molecule has 0 atom stereocenters. The predicted molar refractivity (Wildman–Crippen MR) is 116 cm³/mol. The van der Waals surface area contributed by atoms with E-state index >= 15 is 0 Å². The molecule has 1 aliphatic rings. The van der Waals surface area contributed by atoms with Crippen molar-refractivity contribution in [3.8, 4) is 5.69 Å². The number of hydrogen-bond acceptors (Lipinski definition) is 3. The number of benzene rings is 2. The molecular formula is C23H23ClN4O2. The zero-order valence-corrected chi connectivity index (χ0v) is 17.5. The molecule has 0 aliphatic carbocycles. The highest BCUT2D eigenvalue weighted by atomic mass is 35.5. The van der Waals surface area contributed by atoms with Gasteiger partial charge in [0.25, 0.3) is 11.8 Å². The van der Waals surface area contributed by atoms with E-state index < -0.39 is 0 Å². The molecule has 4 rings (SSSR count). The van der Waals surface area contributed by atoms with Crippen LogP contribution in [0.25, 0.3) is 5.69 Å². The van der Waals surface area contributed by atoms with Crippen molar-refractivity contribution in [1.29, 1.82) is 0 Å². The van der Waals surface area contributed by atoms with Crippen LogP contribution >= 0.6 is 11.6 Å². The summed E-state index contributed by atoms with van der Waals surface area (Å²) < 4.78 is 1.61. The molecule has 0 radical (unpaired) electrons. The number of halogens is 1. The van der Waals surface area contributed by atoms with E-state index in [2.05, 4.69) is 12.0 Å². The van der Waals surface area contributed by atoms with E-state index in [4.69, 9.17) is 11.6 Å². The van der Waals surface area contributed by atoms with Crippen molar-refractivity contribution in [1.82, 2.24) is 19.6 Å². The van der Waals surface area contributed by atoms with Gasteiger partial charge in [-0.05, 0) is 42.3 Å². The van der Waals surface area contributed by atoms with E-state index in [0.717, 1.165) is 12.1 Å². The Labute approximate surface area is 180 Å². The topological polar surface area (TPSA) is 58.4 Å². The third-order valence-corrected chi connectivity index (χ3v) is 5.69. The van der Waals surface area contributed by atoms with Crippen molar-refractivity contribution in [2.24, 2.45) is 0 Å². The zero-order chi connectivity index (χ0) is 21.1. The van der Waals surface area contributed by atoms with Gasteiger partial charge in [0.2, 0.25) is 0 Å². The van der Waals surface area contributed by atoms with E-state index in [0.29, 0.717) is 42.5 Å². The summed E-state index contributed by atoms with van der Waals surface area (Å²) in [5.74, 6) is -0.132. The molecule has 2 amide bonds. The fraction of sp³-hybridized carbons (Fsp3) is 0.261. The number of hydrogen-bond donors (Lipinski definition) is 0. The third kappa shape index (κ3) is 4.09. The zero-order valence-electron chi connectivity index (χ0n) is 16.8. The van der Waals surface area contributed by atoms with Crippen molar-refractivity contribution < 1.29 is 9.59 Å². The van der Waals surface area contributed by atoms with Crippen LogP contribution in [0.3, 0.4) is 0 Å². The summed E-state index contributed by atoms with van der Waals surface area (Å²) in [6.45, 7) is 4.06. The van der Waals surface area contributed by atoms with Crippen molar-refractivity contribution in [2.45, 2.75) is 13.3 Å². The molecule has 1 aromatic heterocycles. The molecule has 154 valence electrons. The van der Waals surface area contributed by atoms with E-state index in [-0.39, 0.29) is 11.8 Å². The Kier molecular flexibility index (Phi) is 5.86. The Bertz CT molecular complexity index is 1050. The number of piperazine rings is 1. The van der Waals surface area contributed by atoms with Gasteiger partial charge in [0.1, 0.15) is 0 Å². The van der Waals surface area contributed by atoms with Crippen LogP contribution in [0.2, 0.25) is 5.02 Å². The molecule has 6 nitrogen and oxygen atoms in total. The number of carbonyl (C=O) groups excluding carboxylic acids is 2. The molecule has 1 saturated heterocycles. The summed E-state index contributed by atoms with van der Waals surface area (Å²) >= 11 is 6.22. The van der Waals surface area contributed by atoms with Gasteiger partial charge >= 0.3 is 0 Å². The molecule has 1 aliphatic heterocycles. The summed E-state index contributed by atoms with van der Waals surface area (Å²) in [6, 6.07) is 16.8. The van der Waals surface area contributed by atoms with Crippen LogP contribution < -0.4 is 0 Å². The number of para-hydroxylation sites is 1. The number of carbonyl (C=O) groups is 2. The Morgan fingerprint density at radius 1 is 0.900 bits per heavy atom. The van der Waals surface area contributed by atoms with Gasteiger partial charge in [-0.25, -0.2) is 4.68 Å². The molecule has 0 bridgehead atoms. The van der Waals surface area contributed by atoms with Crippen LogP contribution in [0, 0.1) is 0 Å². The second-order valence-electron chi connectivity index (χ2n) is 7.23. The minimum absolute atomic E-state index is 0.00718. The summed E-state index contributed by atoms with van der Waals surface area (Å²) in [4.78, 5) is 29.1. The molecule has 0 spiro atoms. The normalized spacial score (nSPS) is 14.1. The van der Waals surface area contributed by atoms with E-state index in [1.807, 2.05) is 42.5 Å². The average Bonchev–Trinajstić information content (AvgIpc) is 3.28. The highest BCUT2D eigenvalue weighted by Gasteiger charge is 2.26. The maximum Gasteiger partial charge on any atom is 0.274 e. The standard InChI is InChI=1S/C23H23ClN4O2/c1-2-17-7-9-18(10-8-17)22(29)26-13-15-27(16-14-26)23(30)20-11-12-28(25-20)21-6-4-3-5-19(21)24/h3-12H,2,13-16H2,1H3. The largest absolute Gasteiger partial charge is 0.335 e. The molecule has 2 heterocycles. The van der Waals surface area contributed by atoms with E-state index in [1.165, 1.54) is 5.56 Å². The van der Waals surface area contributed by atoms with Gasteiger partial charge < -0.3 is 9.80 Å². The predicted octanol–water partition coefficient (Wildman–Crippen LogP) is 3.69. The Hall–Kier alpha value is -3.12. The Balaban J connectivity index is 1.39. The molecule has 7 heteroatoms. The third-order valence-electron chi connectivity index (χ3n) is 5.37. The van der Waals surface area contributed by atoms with Crippen molar-refractivity contribution in [2.75, 3.05) is 26.2 Å². The van der Waals surface area contributed by atoms with Crippen LogP contribution in [0.4, 0.5) is 0 Å². The monoisotopic (exact) mass is 422 g/mol. The lowest BCUT2D eigenvalue weighted by Crippen LogP contribution is -2.50. The molecule has 30 heavy (non-hydrogen) atoms. The minimum Gasteiger partial charge on any atom is -0.335 e. The minimum atomic E-state index is -0.139. The molecule has 0 N–H and O–H groups in total. The van der Waals surface area contributed by atoms with Crippen molar-refractivity contribution in [3.05, 3.63) is 82.6 Å². The molecule has 0 unspecified atom stereocenters. The second kappa shape index (κ2) is 8.71. The SMILES string of the molecule is CCc1ccc(C(=O)N2CCN(C(=O)c3ccn(-c4ccccc4Cl)n3)CC2)cc1. The van der Waals surface area contributed by atoms with Crippen LogP contribution in [-0.4, -0.2) is 57.6 Å². The average molecular weight is 423 g/mol. The quantitative estimate of drug-likeness (QED) is 0.644. The maximum absolute atomic E-state index is 12.9. The smallest absolute Gasteiger partial charge is 0.274 e. The van der Waals surface area contributed by atoms with Gasteiger partial charge in [0, 0.05) is 37.9 Å². The number of nitrogens with zero attached hydrogens (tertiary/aromatic N) is 4. The van der Waals surface area contributed by atoms with Gasteiger partial charge in [0.15, 0.2) is 5.69 Å². The molecular weight excluding hydrogens is 400 g/mol. The van der Waals surface area contributed by atoms with Crippen LogP contribution in [-0.2, 0) is 6.42 Å². The van der Waals surface area contributed by atoms with E-state index in [9.17, 15) is 9.59 Å². The van der Waals surface area contributed by atoms with Crippen molar-refractivity contribution in [3.63, 3.8) is 0 Å². The molecule has 1 fully saturated rings. The number of aryl methyl sites for hydroxylation is 1. The number of rotatable bonds is 4. The van der Waals surface area contributed by atoms with Gasteiger partial charge in [-0.1, -0.05) is 42.8 Å². The van der Waals surface area contributed by atoms with Gasteiger partial charge in [-0.3, -0.25) is 9.59 Å². The maximum atomic E-state index is 12.9. The lowest BCUT2D eigenvalue weighted by molar-refractivity contribution is 0.0532. The van der Waals surface area contributed by atoms with Crippen molar-refractivity contribution >= 4 is 23.4 Å². The van der Waals surface area contributed by atoms with Gasteiger partial charge in [-0.15, -0.1) is 0 Å². The van der Waals surface area contributed by atoms with Gasteiger partial charge in [-0.2, -0.15) is 5.10 Å². The van der Waals surface area contributed by atoms with Crippen LogP contribution in [0.15, 0.2) is 60.8 Å². The summed E-state index contributed by atoms with van der Waals surface area (Å²) in [5.41, 5.74) is 2.98. The lowest BCUT2D eigenvalue weighted by Gasteiger charge is -2.34. The highest BCUT2D eigenvalue weighted by molar-refractivity contribution is 6.32. The molecule has 3 aromatic rings. The first-order valence-corrected chi connectivity index (χ1v) is 10.4. The number of amides is 2. The molecule has 0 saturated carbocycles. The van der Waals surface area contributed by atoms with Crippen LogP contribution in [0.5, 0.6) is 0 Å². The summed E-state index contributed by atoms with van der Waals surface area (Å²) in [5, 5.41) is 4.96. The van der Waals surface area contributed by atoms with E-state index in [1.54, 1.807) is 32.8 Å². The second-order valence-corrected chi connectivity index (χ2v) is 7.64. The number of aromatic nitrogens is 2. The summed E-state index contributed by atoms with van der Waals surface area (Å²) in [7, 11) is 0. The fourth-order valence-corrected chi connectivity index (χ4v) is 3.77. The van der Waals surface area contributed by atoms with Gasteiger partial charge in [0.05, 0.1) is 10.7 Å². The highest BCUT2D eigenvalue weighted by Crippen LogP contribution is 2.19. The Morgan fingerprint density at radius 3 is 2.17 bits per heavy atom. The first kappa shape index (κ1) is 20.2. The first-order chi connectivity index (χ1) is 14.6. The molecule has 2 aromatic carbocycles. The Morgan fingerprint density at radius 2 is 1.53 bits per heavy atom. The first-order valence-electron chi connectivity index (χ1n) is 10.0. The van der Waals surface area contributed by atoms with Crippen LogP contribution in [0.1, 0.15) is 33.3 Å². The summed E-state index contributed by atoms with van der Waals surface area (Å²) in [6.07, 6.45) is 2.68.